The Bertz CT molecular complexity index is 572. The molecule has 1 atom stereocenters. The molecule has 0 aromatic heterocycles. The van der Waals surface area contributed by atoms with Crippen molar-refractivity contribution in [3.63, 3.8) is 0 Å². The first-order valence-corrected chi connectivity index (χ1v) is 7.19. The zero-order valence-electron chi connectivity index (χ0n) is 10.4. The van der Waals surface area contributed by atoms with E-state index in [4.69, 9.17) is 21.4 Å². The Labute approximate surface area is 116 Å². The molecule has 19 heavy (non-hydrogen) atoms. The number of nitrogens with one attached hydrogen (secondary N) is 1. The van der Waals surface area contributed by atoms with Gasteiger partial charge in [-0.2, -0.15) is 0 Å². The van der Waals surface area contributed by atoms with E-state index in [0.29, 0.717) is 0 Å². The van der Waals surface area contributed by atoms with Crippen LogP contribution in [0.5, 0.6) is 0 Å². The largest absolute Gasteiger partial charge is 0.478 e. The minimum Gasteiger partial charge on any atom is -0.478 e. The zero-order chi connectivity index (χ0) is 14.6. The minimum absolute atomic E-state index is 0.0918. The number of ether oxygens (including phenoxy) is 1. The first kappa shape index (κ1) is 15.9. The van der Waals surface area contributed by atoms with E-state index in [0.717, 1.165) is 12.1 Å². The van der Waals surface area contributed by atoms with E-state index in [1.54, 1.807) is 6.92 Å². The molecule has 0 saturated carbocycles. The van der Waals surface area contributed by atoms with Crippen molar-refractivity contribution in [3.05, 3.63) is 28.8 Å². The maximum Gasteiger partial charge on any atom is 0.337 e. The Morgan fingerprint density at radius 3 is 2.63 bits per heavy atom. The fourth-order valence-corrected chi connectivity index (χ4v) is 2.70. The SMILES string of the molecule is COC(C)CNS(=O)(=O)c1ccc(C(=O)O)c(Cl)c1. The van der Waals surface area contributed by atoms with Crippen LogP contribution in [0.1, 0.15) is 17.3 Å². The van der Waals surface area contributed by atoms with Gasteiger partial charge in [0.15, 0.2) is 0 Å². The number of methoxy groups -OCH3 is 1. The van der Waals surface area contributed by atoms with E-state index < -0.39 is 16.0 Å². The van der Waals surface area contributed by atoms with Crippen LogP contribution in [0.25, 0.3) is 0 Å². The summed E-state index contributed by atoms with van der Waals surface area (Å²) in [6.45, 7) is 1.82. The molecule has 8 heteroatoms. The number of carboxylic acids is 1. The third-order valence-electron chi connectivity index (χ3n) is 2.44. The van der Waals surface area contributed by atoms with Crippen molar-refractivity contribution >= 4 is 27.6 Å². The lowest BCUT2D eigenvalue weighted by Gasteiger charge is -2.11. The second kappa shape index (κ2) is 6.33. The van der Waals surface area contributed by atoms with Crippen molar-refractivity contribution in [1.29, 1.82) is 0 Å². The standard InChI is InChI=1S/C11H14ClNO5S/c1-7(18-2)6-13-19(16,17)8-3-4-9(11(14)15)10(12)5-8/h3-5,7,13H,6H2,1-2H3,(H,14,15). The topological polar surface area (TPSA) is 92.7 Å². The van der Waals surface area contributed by atoms with Crippen LogP contribution in [0, 0.1) is 0 Å². The Kier molecular flexibility index (Phi) is 5.30. The molecule has 1 aromatic carbocycles. The van der Waals surface area contributed by atoms with E-state index in [9.17, 15) is 13.2 Å². The number of carboxylic acid groups (broad SMARTS) is 1. The highest BCUT2D eigenvalue weighted by molar-refractivity contribution is 7.89. The molecule has 0 fully saturated rings. The van der Waals surface area contributed by atoms with Gasteiger partial charge in [0.25, 0.3) is 0 Å². The van der Waals surface area contributed by atoms with E-state index in [1.807, 2.05) is 0 Å². The smallest absolute Gasteiger partial charge is 0.337 e. The molecule has 0 saturated heterocycles. The van der Waals surface area contributed by atoms with E-state index in [2.05, 4.69) is 4.72 Å². The van der Waals surface area contributed by atoms with Gasteiger partial charge in [0.2, 0.25) is 10.0 Å². The second-order valence-electron chi connectivity index (χ2n) is 3.85. The third-order valence-corrected chi connectivity index (χ3v) is 4.18. The van der Waals surface area contributed by atoms with Crippen molar-refractivity contribution in [2.45, 2.75) is 17.9 Å². The minimum atomic E-state index is -3.74. The Morgan fingerprint density at radius 2 is 2.16 bits per heavy atom. The molecule has 6 nitrogen and oxygen atoms in total. The van der Waals surface area contributed by atoms with E-state index in [-0.39, 0.29) is 28.1 Å². The molecular weight excluding hydrogens is 294 g/mol. The van der Waals surface area contributed by atoms with Gasteiger partial charge in [-0.1, -0.05) is 11.6 Å². The second-order valence-corrected chi connectivity index (χ2v) is 6.02. The van der Waals surface area contributed by atoms with Crippen LogP contribution in [0.3, 0.4) is 0 Å². The first-order chi connectivity index (χ1) is 8.77. The molecule has 0 bridgehead atoms. The molecule has 1 aromatic rings. The number of aromatic carboxylic acids is 1. The fourth-order valence-electron chi connectivity index (χ4n) is 1.23. The average Bonchev–Trinajstić information content (AvgIpc) is 2.35. The van der Waals surface area contributed by atoms with Crippen molar-refractivity contribution in [3.8, 4) is 0 Å². The fraction of sp³-hybridized carbons (Fsp3) is 0.364. The van der Waals surface area contributed by atoms with Crippen molar-refractivity contribution in [1.82, 2.24) is 4.72 Å². The van der Waals surface area contributed by atoms with Gasteiger partial charge in [0, 0.05) is 13.7 Å². The summed E-state index contributed by atoms with van der Waals surface area (Å²) in [5.74, 6) is -1.21. The number of benzene rings is 1. The molecule has 0 aliphatic heterocycles. The van der Waals surface area contributed by atoms with Gasteiger partial charge in [-0.05, 0) is 25.1 Å². The summed E-state index contributed by atoms with van der Waals surface area (Å²) in [5, 5.41) is 8.67. The highest BCUT2D eigenvalue weighted by Gasteiger charge is 2.18. The lowest BCUT2D eigenvalue weighted by Crippen LogP contribution is -2.31. The molecular formula is C11H14ClNO5S. The molecule has 0 heterocycles. The van der Waals surface area contributed by atoms with Gasteiger partial charge in [0.05, 0.1) is 21.6 Å². The van der Waals surface area contributed by atoms with Crippen LogP contribution in [0.2, 0.25) is 5.02 Å². The summed E-state index contributed by atoms with van der Waals surface area (Å²) in [4.78, 5) is 10.7. The lowest BCUT2D eigenvalue weighted by atomic mass is 10.2. The molecule has 0 amide bonds. The van der Waals surface area contributed by atoms with Gasteiger partial charge in [0.1, 0.15) is 0 Å². The van der Waals surface area contributed by atoms with Crippen molar-refractivity contribution < 1.29 is 23.1 Å². The zero-order valence-corrected chi connectivity index (χ0v) is 12.0. The van der Waals surface area contributed by atoms with Gasteiger partial charge >= 0.3 is 5.97 Å². The number of hydrogen-bond donors (Lipinski definition) is 2. The quantitative estimate of drug-likeness (QED) is 0.827. The average molecular weight is 308 g/mol. The summed E-state index contributed by atoms with van der Waals surface area (Å²) < 4.78 is 31.1. The van der Waals surface area contributed by atoms with Crippen LogP contribution in [0.4, 0.5) is 0 Å². The van der Waals surface area contributed by atoms with Crippen molar-refractivity contribution in [2.24, 2.45) is 0 Å². The predicted molar refractivity (Wildman–Crippen MR) is 70.1 cm³/mol. The highest BCUT2D eigenvalue weighted by Crippen LogP contribution is 2.20. The number of carbonyl (C=O) groups is 1. The van der Waals surface area contributed by atoms with Crippen molar-refractivity contribution in [2.75, 3.05) is 13.7 Å². The predicted octanol–water partition coefficient (Wildman–Crippen LogP) is 1.35. The Balaban J connectivity index is 2.96. The maximum absolute atomic E-state index is 11.9. The highest BCUT2D eigenvalue weighted by atomic mass is 35.5. The summed E-state index contributed by atoms with van der Waals surface area (Å²) in [6, 6.07) is 3.44. The molecule has 0 aliphatic rings. The monoisotopic (exact) mass is 307 g/mol. The van der Waals surface area contributed by atoms with E-state index in [1.165, 1.54) is 13.2 Å². The molecule has 2 N–H and O–H groups in total. The molecule has 1 unspecified atom stereocenters. The maximum atomic E-state index is 11.9. The van der Waals surface area contributed by atoms with Crippen LogP contribution in [-0.2, 0) is 14.8 Å². The van der Waals surface area contributed by atoms with Gasteiger partial charge in [-0.3, -0.25) is 0 Å². The summed E-state index contributed by atoms with van der Waals surface area (Å²) >= 11 is 5.72. The summed E-state index contributed by atoms with van der Waals surface area (Å²) in [7, 11) is -2.27. The van der Waals surface area contributed by atoms with Gasteiger partial charge in [-0.15, -0.1) is 0 Å². The van der Waals surface area contributed by atoms with E-state index >= 15 is 0 Å². The van der Waals surface area contributed by atoms with Gasteiger partial charge < -0.3 is 9.84 Å². The molecule has 1 rings (SSSR count). The Morgan fingerprint density at radius 1 is 1.53 bits per heavy atom. The summed E-state index contributed by atoms with van der Waals surface area (Å²) in [6.07, 6.45) is -0.275. The number of halogens is 1. The molecule has 106 valence electrons. The first-order valence-electron chi connectivity index (χ1n) is 5.33. The third kappa shape index (κ3) is 4.17. The van der Waals surface area contributed by atoms with Crippen LogP contribution < -0.4 is 4.72 Å². The summed E-state index contributed by atoms with van der Waals surface area (Å²) in [5.41, 5.74) is -0.147. The van der Waals surface area contributed by atoms with Crippen LogP contribution in [-0.4, -0.2) is 39.3 Å². The number of rotatable bonds is 6. The van der Waals surface area contributed by atoms with Crippen LogP contribution >= 0.6 is 11.6 Å². The normalized spacial score (nSPS) is 13.2. The molecule has 0 radical (unpaired) electrons. The number of hydrogen-bond acceptors (Lipinski definition) is 4. The van der Waals surface area contributed by atoms with Crippen LogP contribution in [0.15, 0.2) is 23.1 Å². The number of sulfonamides is 1. The lowest BCUT2D eigenvalue weighted by molar-refractivity contribution is 0.0697. The molecule has 0 spiro atoms. The molecule has 0 aliphatic carbocycles. The Hall–Kier alpha value is -1.15. The van der Waals surface area contributed by atoms with Gasteiger partial charge in [-0.25, -0.2) is 17.9 Å².